The molecular formula is C21H28N2O2. The maximum atomic E-state index is 5.65. The third kappa shape index (κ3) is 2.59. The van der Waals surface area contributed by atoms with E-state index in [-0.39, 0.29) is 5.79 Å². The summed E-state index contributed by atoms with van der Waals surface area (Å²) in [6, 6.07) is 9.25. The molecule has 0 amide bonds. The van der Waals surface area contributed by atoms with Gasteiger partial charge in [0.05, 0.1) is 0 Å². The topological polar surface area (TPSA) is 34.6 Å². The van der Waals surface area contributed by atoms with Crippen LogP contribution in [0.2, 0.25) is 0 Å². The lowest BCUT2D eigenvalue weighted by Gasteiger charge is -2.68. The van der Waals surface area contributed by atoms with Crippen LogP contribution in [0.1, 0.15) is 32.3 Å². The van der Waals surface area contributed by atoms with Crippen LogP contribution in [0.5, 0.6) is 0 Å². The number of methoxy groups -OCH3 is 2. The first-order valence-electron chi connectivity index (χ1n) is 9.18. The molecule has 4 heteroatoms. The second-order valence-electron chi connectivity index (χ2n) is 8.14. The highest BCUT2D eigenvalue weighted by molar-refractivity contribution is 5.84. The monoisotopic (exact) mass is 340 g/mol. The molecule has 1 saturated carbocycles. The zero-order valence-electron chi connectivity index (χ0n) is 15.7. The van der Waals surface area contributed by atoms with Crippen LogP contribution in [0.3, 0.4) is 0 Å². The van der Waals surface area contributed by atoms with Crippen molar-refractivity contribution in [3.8, 4) is 0 Å². The number of aromatic nitrogens is 1. The molecule has 134 valence electrons. The summed E-state index contributed by atoms with van der Waals surface area (Å²) < 4.78 is 11.3. The molecule has 1 aliphatic carbocycles. The van der Waals surface area contributed by atoms with Gasteiger partial charge in [0.15, 0.2) is 5.79 Å². The van der Waals surface area contributed by atoms with Crippen molar-refractivity contribution in [1.29, 1.82) is 0 Å². The Morgan fingerprint density at radius 2 is 1.96 bits per heavy atom. The molecule has 4 nitrogen and oxygen atoms in total. The average molecular weight is 340 g/mol. The second-order valence-corrected chi connectivity index (χ2v) is 8.14. The number of hydrogen-bond donors (Lipinski definition) is 0. The van der Waals surface area contributed by atoms with E-state index in [2.05, 4.69) is 48.0 Å². The van der Waals surface area contributed by atoms with Crippen molar-refractivity contribution >= 4 is 10.8 Å². The standard InChI is InChI=1S/C21H28N2O2/c1-15(2)19-20(12-21(13-20,24-3)25-4)14-23(19)11-17-7-5-6-16-10-22-9-8-18(16)17/h5-10,15,19H,11-14H2,1-4H3/t19-/m0/s1. The minimum absolute atomic E-state index is 0.353. The molecular weight excluding hydrogens is 312 g/mol. The van der Waals surface area contributed by atoms with Gasteiger partial charge in [-0.25, -0.2) is 0 Å². The predicted molar refractivity (Wildman–Crippen MR) is 99.2 cm³/mol. The first kappa shape index (κ1) is 17.0. The van der Waals surface area contributed by atoms with Gasteiger partial charge in [0.25, 0.3) is 0 Å². The van der Waals surface area contributed by atoms with Gasteiger partial charge in [-0.3, -0.25) is 9.88 Å². The van der Waals surface area contributed by atoms with E-state index in [0.717, 1.165) is 25.9 Å². The number of rotatable bonds is 5. The van der Waals surface area contributed by atoms with Crippen molar-refractivity contribution in [3.63, 3.8) is 0 Å². The normalized spacial score (nSPS) is 24.4. The van der Waals surface area contributed by atoms with Gasteiger partial charge in [0.2, 0.25) is 0 Å². The molecule has 2 aromatic rings. The predicted octanol–water partition coefficient (Wildman–Crippen LogP) is 3.84. The number of likely N-dealkylation sites (tertiary alicyclic amines) is 1. The van der Waals surface area contributed by atoms with Crippen LogP contribution in [-0.4, -0.2) is 42.5 Å². The summed E-state index contributed by atoms with van der Waals surface area (Å²) in [7, 11) is 3.53. The van der Waals surface area contributed by atoms with Crippen LogP contribution in [0, 0.1) is 11.3 Å². The Morgan fingerprint density at radius 3 is 2.64 bits per heavy atom. The van der Waals surface area contributed by atoms with Crippen molar-refractivity contribution in [1.82, 2.24) is 9.88 Å². The molecule has 2 heterocycles. The van der Waals surface area contributed by atoms with E-state index in [4.69, 9.17) is 9.47 Å². The lowest BCUT2D eigenvalue weighted by Crippen LogP contribution is -2.75. The van der Waals surface area contributed by atoms with Crippen LogP contribution in [-0.2, 0) is 16.0 Å². The number of ether oxygens (including phenoxy) is 2. The molecule has 4 rings (SSSR count). The lowest BCUT2D eigenvalue weighted by molar-refractivity contribution is -0.339. The molecule has 1 aromatic heterocycles. The zero-order chi connectivity index (χ0) is 17.7. The fraction of sp³-hybridized carbons (Fsp3) is 0.571. The van der Waals surface area contributed by atoms with Crippen LogP contribution in [0.25, 0.3) is 10.8 Å². The molecule has 1 saturated heterocycles. The van der Waals surface area contributed by atoms with Crippen LogP contribution in [0.4, 0.5) is 0 Å². The summed E-state index contributed by atoms with van der Waals surface area (Å²) >= 11 is 0. The van der Waals surface area contributed by atoms with Crippen LogP contribution in [0.15, 0.2) is 36.7 Å². The SMILES string of the molecule is COC1(OC)CC2(CN(Cc3cccc4cnccc34)[C@H]2C(C)C)C1. The maximum Gasteiger partial charge on any atom is 0.168 e. The van der Waals surface area contributed by atoms with Gasteiger partial charge in [-0.05, 0) is 22.9 Å². The highest BCUT2D eigenvalue weighted by Gasteiger charge is 2.66. The van der Waals surface area contributed by atoms with E-state index in [1.165, 1.54) is 16.3 Å². The first-order chi connectivity index (χ1) is 12.0. The number of benzene rings is 1. The van der Waals surface area contributed by atoms with Gasteiger partial charge in [-0.1, -0.05) is 32.0 Å². The van der Waals surface area contributed by atoms with Crippen LogP contribution < -0.4 is 0 Å². The van der Waals surface area contributed by atoms with E-state index in [1.54, 1.807) is 14.2 Å². The number of hydrogen-bond acceptors (Lipinski definition) is 4. The van der Waals surface area contributed by atoms with Crippen molar-refractivity contribution in [2.75, 3.05) is 20.8 Å². The van der Waals surface area contributed by atoms with E-state index in [9.17, 15) is 0 Å². The summed E-state index contributed by atoms with van der Waals surface area (Å²) in [5.74, 6) is 0.266. The van der Waals surface area contributed by atoms with Crippen LogP contribution >= 0.6 is 0 Å². The first-order valence-corrected chi connectivity index (χ1v) is 9.18. The van der Waals surface area contributed by atoms with Crippen molar-refractivity contribution < 1.29 is 9.47 Å². The molecule has 0 N–H and O–H groups in total. The molecule has 2 fully saturated rings. The minimum Gasteiger partial charge on any atom is -0.353 e. The summed E-state index contributed by atoms with van der Waals surface area (Å²) in [6.45, 7) is 6.81. The minimum atomic E-state index is -0.357. The Bertz CT molecular complexity index is 756. The number of nitrogens with zero attached hydrogens (tertiary/aromatic N) is 2. The molecule has 0 radical (unpaired) electrons. The Morgan fingerprint density at radius 1 is 1.20 bits per heavy atom. The summed E-state index contributed by atoms with van der Waals surface area (Å²) in [6.07, 6.45) is 5.85. The Labute approximate surface area is 150 Å². The summed E-state index contributed by atoms with van der Waals surface area (Å²) in [4.78, 5) is 6.88. The Hall–Kier alpha value is -1.49. The Kier molecular flexibility index (Phi) is 4.10. The van der Waals surface area contributed by atoms with Gasteiger partial charge in [0, 0.05) is 69.4 Å². The van der Waals surface area contributed by atoms with E-state index >= 15 is 0 Å². The van der Waals surface area contributed by atoms with E-state index in [1.807, 2.05) is 12.4 Å². The largest absolute Gasteiger partial charge is 0.353 e. The van der Waals surface area contributed by atoms with Gasteiger partial charge in [-0.2, -0.15) is 0 Å². The fourth-order valence-electron chi connectivity index (χ4n) is 5.41. The third-order valence-electron chi connectivity index (χ3n) is 6.30. The average Bonchev–Trinajstić information content (AvgIpc) is 2.56. The molecule has 25 heavy (non-hydrogen) atoms. The van der Waals surface area contributed by atoms with Gasteiger partial charge < -0.3 is 9.47 Å². The van der Waals surface area contributed by atoms with Gasteiger partial charge in [-0.15, -0.1) is 0 Å². The third-order valence-corrected chi connectivity index (χ3v) is 6.30. The number of fused-ring (bicyclic) bond motifs is 1. The summed E-state index contributed by atoms with van der Waals surface area (Å²) in [5.41, 5.74) is 1.75. The maximum absolute atomic E-state index is 5.65. The molecule has 2 aliphatic rings. The number of pyridine rings is 1. The van der Waals surface area contributed by atoms with E-state index < -0.39 is 0 Å². The van der Waals surface area contributed by atoms with Gasteiger partial charge >= 0.3 is 0 Å². The molecule has 1 aliphatic heterocycles. The zero-order valence-corrected chi connectivity index (χ0v) is 15.7. The summed E-state index contributed by atoms with van der Waals surface area (Å²) in [5, 5.41) is 2.54. The highest BCUT2D eigenvalue weighted by Crippen LogP contribution is 2.61. The molecule has 1 aromatic carbocycles. The van der Waals surface area contributed by atoms with E-state index in [0.29, 0.717) is 17.4 Å². The fourth-order valence-corrected chi connectivity index (χ4v) is 5.41. The quantitative estimate of drug-likeness (QED) is 0.775. The molecule has 1 spiro atoms. The lowest BCUT2D eigenvalue weighted by atomic mass is 9.52. The molecule has 0 unspecified atom stereocenters. The van der Waals surface area contributed by atoms with Crippen molar-refractivity contribution in [2.45, 2.75) is 45.1 Å². The van der Waals surface area contributed by atoms with Crippen molar-refractivity contribution in [3.05, 3.63) is 42.2 Å². The highest BCUT2D eigenvalue weighted by atomic mass is 16.7. The Balaban J connectivity index is 1.54. The molecule has 1 atom stereocenters. The van der Waals surface area contributed by atoms with Gasteiger partial charge in [0.1, 0.15) is 0 Å². The second kappa shape index (κ2) is 6.04. The molecule has 0 bridgehead atoms. The van der Waals surface area contributed by atoms with Crippen molar-refractivity contribution in [2.24, 2.45) is 11.3 Å². The smallest absolute Gasteiger partial charge is 0.168 e.